The Morgan fingerprint density at radius 2 is 2.00 bits per heavy atom. The molecule has 1 aromatic rings. The van der Waals surface area contributed by atoms with Crippen molar-refractivity contribution in [3.05, 3.63) is 27.7 Å². The molecule has 1 aliphatic heterocycles. The minimum Gasteiger partial charge on any atom is -0.508 e. The third-order valence-corrected chi connectivity index (χ3v) is 5.24. The first-order valence-electron chi connectivity index (χ1n) is 7.08. The molecule has 4 nitrogen and oxygen atoms in total. The van der Waals surface area contributed by atoms with Gasteiger partial charge in [0, 0.05) is 31.0 Å². The number of rotatable bonds is 3. The third-order valence-electron chi connectivity index (χ3n) is 4.42. The summed E-state index contributed by atoms with van der Waals surface area (Å²) >= 11 is 12.2. The van der Waals surface area contributed by atoms with Gasteiger partial charge in [0.2, 0.25) is 5.91 Å². The van der Waals surface area contributed by atoms with Crippen LogP contribution in [0.1, 0.15) is 30.7 Å². The maximum absolute atomic E-state index is 12.1. The van der Waals surface area contributed by atoms with Gasteiger partial charge in [0.15, 0.2) is 0 Å². The zero-order valence-electron chi connectivity index (χ0n) is 11.4. The van der Waals surface area contributed by atoms with E-state index < -0.39 is 0 Å². The molecule has 1 aromatic carbocycles. The molecule has 1 amide bonds. The number of amides is 1. The van der Waals surface area contributed by atoms with Crippen molar-refractivity contribution in [2.45, 2.75) is 31.3 Å². The highest BCUT2D eigenvalue weighted by Crippen LogP contribution is 2.42. The van der Waals surface area contributed by atoms with E-state index in [-0.39, 0.29) is 23.7 Å². The molecule has 1 saturated carbocycles. The summed E-state index contributed by atoms with van der Waals surface area (Å²) in [5, 5.41) is 20.1. The number of carbonyl (C=O) groups excluding carboxylic acids is 1. The van der Waals surface area contributed by atoms with Crippen molar-refractivity contribution in [3.63, 3.8) is 0 Å². The lowest BCUT2D eigenvalue weighted by molar-refractivity contribution is -0.129. The fourth-order valence-corrected chi connectivity index (χ4v) is 3.73. The molecule has 1 heterocycles. The molecule has 1 unspecified atom stereocenters. The summed E-state index contributed by atoms with van der Waals surface area (Å²) in [5.74, 6) is 0.403. The summed E-state index contributed by atoms with van der Waals surface area (Å²) in [4.78, 5) is 13.9. The van der Waals surface area contributed by atoms with E-state index in [4.69, 9.17) is 23.2 Å². The monoisotopic (exact) mass is 329 g/mol. The van der Waals surface area contributed by atoms with Crippen LogP contribution in [0, 0.1) is 5.92 Å². The maximum atomic E-state index is 12.1. The Labute approximate surface area is 133 Å². The number of aromatic hydroxyl groups is 1. The summed E-state index contributed by atoms with van der Waals surface area (Å²) in [6.45, 7) is 1.21. The first-order valence-corrected chi connectivity index (χ1v) is 7.84. The Morgan fingerprint density at radius 1 is 1.29 bits per heavy atom. The minimum absolute atomic E-state index is 0.0665. The topological polar surface area (TPSA) is 60.8 Å². The van der Waals surface area contributed by atoms with Crippen molar-refractivity contribution in [3.8, 4) is 5.75 Å². The number of carbonyl (C=O) groups is 1. The summed E-state index contributed by atoms with van der Waals surface area (Å²) in [5.41, 5.74) is 0.564. The Bertz CT molecular complexity index is 572. The Balaban J connectivity index is 1.74. The quantitative estimate of drug-likeness (QED) is 0.896. The molecule has 0 aromatic heterocycles. The van der Waals surface area contributed by atoms with E-state index >= 15 is 0 Å². The average molecular weight is 330 g/mol. The molecular formula is C15H17Cl2NO3. The lowest BCUT2D eigenvalue weighted by atomic mass is 9.82. The van der Waals surface area contributed by atoms with Gasteiger partial charge >= 0.3 is 0 Å². The van der Waals surface area contributed by atoms with Crippen LogP contribution in [0.5, 0.6) is 5.75 Å². The maximum Gasteiger partial charge on any atom is 0.223 e. The van der Waals surface area contributed by atoms with Gasteiger partial charge < -0.3 is 15.1 Å². The van der Waals surface area contributed by atoms with Gasteiger partial charge in [0.25, 0.3) is 0 Å². The number of nitrogens with zero attached hydrogens (tertiary/aromatic N) is 1. The predicted molar refractivity (Wildman–Crippen MR) is 80.8 cm³/mol. The van der Waals surface area contributed by atoms with Crippen LogP contribution in [0.25, 0.3) is 0 Å². The highest BCUT2D eigenvalue weighted by Gasteiger charge is 2.37. The number of hydrogen-bond donors (Lipinski definition) is 2. The van der Waals surface area contributed by atoms with Gasteiger partial charge in [0.1, 0.15) is 5.75 Å². The Kier molecular flexibility index (Phi) is 4.04. The van der Waals surface area contributed by atoms with E-state index in [0.717, 1.165) is 12.8 Å². The summed E-state index contributed by atoms with van der Waals surface area (Å²) in [7, 11) is 0. The van der Waals surface area contributed by atoms with Gasteiger partial charge in [-0.3, -0.25) is 4.79 Å². The van der Waals surface area contributed by atoms with E-state index in [0.29, 0.717) is 41.0 Å². The zero-order valence-corrected chi connectivity index (χ0v) is 12.9. The molecule has 2 N–H and O–H groups in total. The van der Waals surface area contributed by atoms with Crippen LogP contribution in [0.4, 0.5) is 0 Å². The third kappa shape index (κ3) is 2.85. The van der Waals surface area contributed by atoms with Crippen molar-refractivity contribution in [1.82, 2.24) is 4.90 Å². The Morgan fingerprint density at radius 3 is 2.67 bits per heavy atom. The lowest BCUT2D eigenvalue weighted by Crippen LogP contribution is -2.39. The normalized spacial score (nSPS) is 28.8. The van der Waals surface area contributed by atoms with E-state index in [1.54, 1.807) is 11.0 Å². The van der Waals surface area contributed by atoms with E-state index in [9.17, 15) is 15.0 Å². The van der Waals surface area contributed by atoms with Gasteiger partial charge in [-0.15, -0.1) is 0 Å². The van der Waals surface area contributed by atoms with Crippen LogP contribution < -0.4 is 0 Å². The van der Waals surface area contributed by atoms with Gasteiger partial charge in [-0.05, 0) is 30.9 Å². The van der Waals surface area contributed by atoms with Gasteiger partial charge in [-0.1, -0.05) is 23.2 Å². The largest absolute Gasteiger partial charge is 0.508 e. The van der Waals surface area contributed by atoms with Gasteiger partial charge in [0.05, 0.1) is 16.1 Å². The van der Waals surface area contributed by atoms with E-state index in [1.807, 2.05) is 0 Å². The number of phenols is 1. The zero-order chi connectivity index (χ0) is 15.1. The number of phenolic OH excluding ortho intramolecular Hbond substituents is 1. The number of hydrogen-bond acceptors (Lipinski definition) is 3. The number of aliphatic hydroxyl groups excluding tert-OH is 1. The second-order valence-corrected chi connectivity index (χ2v) is 6.77. The summed E-state index contributed by atoms with van der Waals surface area (Å²) < 4.78 is 0. The molecule has 0 radical (unpaired) electrons. The Hall–Kier alpha value is -0.970. The minimum atomic E-state index is -0.213. The van der Waals surface area contributed by atoms with Crippen LogP contribution in [0.3, 0.4) is 0 Å². The molecule has 3 rings (SSSR count). The number of aliphatic hydroxyl groups is 1. The molecule has 1 saturated heterocycles. The SMILES string of the molecule is O=C1CC(c2c(O)ccc(Cl)c2Cl)CN1CC1CC(O)C1. The van der Waals surface area contributed by atoms with Crippen molar-refractivity contribution in [1.29, 1.82) is 0 Å². The van der Waals surface area contributed by atoms with Crippen LogP contribution in [0.15, 0.2) is 12.1 Å². The van der Waals surface area contributed by atoms with Crippen molar-refractivity contribution < 1.29 is 15.0 Å². The van der Waals surface area contributed by atoms with Crippen LogP contribution >= 0.6 is 23.2 Å². The molecule has 21 heavy (non-hydrogen) atoms. The van der Waals surface area contributed by atoms with Crippen molar-refractivity contribution in [2.24, 2.45) is 5.92 Å². The second-order valence-electron chi connectivity index (χ2n) is 5.99. The molecule has 6 heteroatoms. The highest BCUT2D eigenvalue weighted by atomic mass is 35.5. The summed E-state index contributed by atoms with van der Waals surface area (Å²) in [6.07, 6.45) is 1.65. The fraction of sp³-hybridized carbons (Fsp3) is 0.533. The lowest BCUT2D eigenvalue weighted by Gasteiger charge is -2.34. The predicted octanol–water partition coefficient (Wildman–Crippen LogP) is 2.79. The van der Waals surface area contributed by atoms with Crippen LogP contribution in [-0.2, 0) is 4.79 Å². The van der Waals surface area contributed by atoms with Crippen molar-refractivity contribution in [2.75, 3.05) is 13.1 Å². The molecule has 114 valence electrons. The van der Waals surface area contributed by atoms with Crippen LogP contribution in [0.2, 0.25) is 10.0 Å². The smallest absolute Gasteiger partial charge is 0.223 e. The molecule has 1 atom stereocenters. The first-order chi connectivity index (χ1) is 9.95. The number of likely N-dealkylation sites (tertiary alicyclic amines) is 1. The van der Waals surface area contributed by atoms with Crippen LogP contribution in [-0.4, -0.2) is 40.2 Å². The number of benzene rings is 1. The second kappa shape index (κ2) is 5.67. The standard InChI is InChI=1S/C15H17Cl2NO3/c16-11-1-2-12(20)14(15(11)17)9-5-13(21)18(7-9)6-8-3-10(19)4-8/h1-2,8-10,19-20H,3-7H2. The molecule has 0 bridgehead atoms. The molecular weight excluding hydrogens is 313 g/mol. The van der Waals surface area contributed by atoms with E-state index in [2.05, 4.69) is 0 Å². The molecule has 2 aliphatic rings. The summed E-state index contributed by atoms with van der Waals surface area (Å²) in [6, 6.07) is 3.06. The average Bonchev–Trinajstić information content (AvgIpc) is 2.74. The van der Waals surface area contributed by atoms with Crippen molar-refractivity contribution >= 4 is 29.1 Å². The van der Waals surface area contributed by atoms with Gasteiger partial charge in [-0.25, -0.2) is 0 Å². The number of halogens is 2. The molecule has 0 spiro atoms. The fourth-order valence-electron chi connectivity index (χ4n) is 3.25. The molecule has 2 fully saturated rings. The first kappa shape index (κ1) is 14.9. The highest BCUT2D eigenvalue weighted by molar-refractivity contribution is 6.42. The van der Waals surface area contributed by atoms with Gasteiger partial charge in [-0.2, -0.15) is 0 Å². The molecule has 1 aliphatic carbocycles. The van der Waals surface area contributed by atoms with E-state index in [1.165, 1.54) is 6.07 Å².